The third kappa shape index (κ3) is 2.67. The predicted octanol–water partition coefficient (Wildman–Crippen LogP) is 0.517. The fourth-order valence-electron chi connectivity index (χ4n) is 1.48. The number of rotatable bonds is 5. The summed E-state index contributed by atoms with van der Waals surface area (Å²) in [6.45, 7) is 0. The SMILES string of the molecule is O=Cc1ncn(-c2ccccc2)c1[Se]CC(=O)O. The molecule has 0 unspecified atom stereocenters. The fraction of sp³-hybridized carbons (Fsp3) is 0.0833. The summed E-state index contributed by atoms with van der Waals surface area (Å²) in [5, 5.41) is 8.77. The minimum atomic E-state index is -0.868. The Morgan fingerprint density at radius 1 is 1.39 bits per heavy atom. The van der Waals surface area contributed by atoms with Crippen molar-refractivity contribution < 1.29 is 14.7 Å². The first-order valence-corrected chi connectivity index (χ1v) is 7.21. The van der Waals surface area contributed by atoms with Gasteiger partial charge in [-0.1, -0.05) is 0 Å². The van der Waals surface area contributed by atoms with E-state index in [1.807, 2.05) is 30.3 Å². The molecule has 0 aliphatic rings. The Labute approximate surface area is 110 Å². The van der Waals surface area contributed by atoms with Gasteiger partial charge in [-0.05, 0) is 0 Å². The van der Waals surface area contributed by atoms with E-state index in [9.17, 15) is 9.59 Å². The van der Waals surface area contributed by atoms with Crippen molar-refractivity contribution in [2.45, 2.75) is 5.32 Å². The summed E-state index contributed by atoms with van der Waals surface area (Å²) in [5.74, 6) is -0.868. The Hall–Kier alpha value is -1.91. The number of aromatic nitrogens is 2. The first-order chi connectivity index (χ1) is 8.72. The van der Waals surface area contributed by atoms with Crippen LogP contribution < -0.4 is 4.59 Å². The zero-order valence-corrected chi connectivity index (χ0v) is 11.0. The summed E-state index contributed by atoms with van der Waals surface area (Å²) < 4.78 is 2.46. The standard InChI is InChI=1S/C12H10N2O3Se/c15-6-10-12(18-7-11(16)17)14(8-13-10)9-4-2-1-3-5-9/h1-6,8H,7H2,(H,16,17). The summed E-state index contributed by atoms with van der Waals surface area (Å²) in [4.78, 5) is 25.5. The molecule has 1 aromatic heterocycles. The number of benzene rings is 1. The average molecular weight is 309 g/mol. The molecule has 0 bridgehead atoms. The summed E-state index contributed by atoms with van der Waals surface area (Å²) >= 11 is -0.325. The second-order valence-electron chi connectivity index (χ2n) is 3.44. The first-order valence-electron chi connectivity index (χ1n) is 5.15. The van der Waals surface area contributed by atoms with Gasteiger partial charge in [0.15, 0.2) is 0 Å². The second kappa shape index (κ2) is 5.62. The molecule has 92 valence electrons. The molecule has 1 heterocycles. The van der Waals surface area contributed by atoms with Crippen LogP contribution in [-0.4, -0.2) is 41.9 Å². The van der Waals surface area contributed by atoms with E-state index >= 15 is 0 Å². The predicted molar refractivity (Wildman–Crippen MR) is 66.8 cm³/mol. The van der Waals surface area contributed by atoms with E-state index in [4.69, 9.17) is 5.11 Å². The van der Waals surface area contributed by atoms with E-state index in [1.165, 1.54) is 0 Å². The number of hydrogen-bond donors (Lipinski definition) is 1. The van der Waals surface area contributed by atoms with Gasteiger partial charge in [0.1, 0.15) is 0 Å². The molecule has 0 radical (unpaired) electrons. The Morgan fingerprint density at radius 3 is 2.72 bits per heavy atom. The Kier molecular flexibility index (Phi) is 3.92. The van der Waals surface area contributed by atoms with Gasteiger partial charge in [-0.15, -0.1) is 0 Å². The Bertz CT molecular complexity index is 566. The number of carboxylic acid groups (broad SMARTS) is 1. The third-order valence-electron chi connectivity index (χ3n) is 2.23. The van der Waals surface area contributed by atoms with Gasteiger partial charge < -0.3 is 0 Å². The zero-order chi connectivity index (χ0) is 13.0. The van der Waals surface area contributed by atoms with Crippen LogP contribution in [0, 0.1) is 0 Å². The first kappa shape index (κ1) is 12.5. The van der Waals surface area contributed by atoms with E-state index in [1.54, 1.807) is 10.9 Å². The Balaban J connectivity index is 2.39. The molecule has 0 amide bonds. The van der Waals surface area contributed by atoms with Crippen molar-refractivity contribution in [3.63, 3.8) is 0 Å². The number of para-hydroxylation sites is 1. The van der Waals surface area contributed by atoms with E-state index in [0.29, 0.717) is 16.6 Å². The molecule has 0 spiro atoms. The van der Waals surface area contributed by atoms with Gasteiger partial charge in [-0.3, -0.25) is 0 Å². The quantitative estimate of drug-likeness (QED) is 0.645. The van der Waals surface area contributed by atoms with E-state index < -0.39 is 5.97 Å². The van der Waals surface area contributed by atoms with Crippen LogP contribution in [0.4, 0.5) is 0 Å². The molecule has 1 aromatic carbocycles. The van der Waals surface area contributed by atoms with E-state index in [0.717, 1.165) is 5.69 Å². The molecule has 0 saturated carbocycles. The Morgan fingerprint density at radius 2 is 2.11 bits per heavy atom. The number of imidazole rings is 1. The average Bonchev–Trinajstić information content (AvgIpc) is 2.80. The summed E-state index contributed by atoms with van der Waals surface area (Å²) in [7, 11) is 0. The van der Waals surface area contributed by atoms with Crippen LogP contribution in [0.15, 0.2) is 36.7 Å². The summed E-state index contributed by atoms with van der Waals surface area (Å²) in [6, 6.07) is 9.42. The minimum absolute atomic E-state index is 0.0341. The molecule has 0 fully saturated rings. The molecule has 5 nitrogen and oxygen atoms in total. The second-order valence-corrected chi connectivity index (χ2v) is 5.46. The number of carbonyl (C=O) groups excluding carboxylic acids is 1. The number of nitrogens with zero attached hydrogens (tertiary/aromatic N) is 2. The fourth-order valence-corrected chi connectivity index (χ4v) is 3.16. The summed E-state index contributed by atoms with van der Waals surface area (Å²) in [6.07, 6.45) is 2.22. The van der Waals surface area contributed by atoms with Crippen molar-refractivity contribution in [2.24, 2.45) is 0 Å². The monoisotopic (exact) mass is 310 g/mol. The molecule has 0 aliphatic heterocycles. The van der Waals surface area contributed by atoms with Gasteiger partial charge >= 0.3 is 109 Å². The number of aliphatic carboxylic acids is 1. The van der Waals surface area contributed by atoms with Gasteiger partial charge in [-0.2, -0.15) is 0 Å². The number of aldehydes is 1. The van der Waals surface area contributed by atoms with Gasteiger partial charge in [-0.25, -0.2) is 0 Å². The van der Waals surface area contributed by atoms with E-state index in [2.05, 4.69) is 4.98 Å². The van der Waals surface area contributed by atoms with Crippen LogP contribution in [0.3, 0.4) is 0 Å². The maximum absolute atomic E-state index is 10.9. The normalized spacial score (nSPS) is 10.2. The van der Waals surface area contributed by atoms with Crippen molar-refractivity contribution in [3.8, 4) is 5.69 Å². The topological polar surface area (TPSA) is 72.2 Å². The molecule has 2 rings (SSSR count). The van der Waals surface area contributed by atoms with Gasteiger partial charge in [0.2, 0.25) is 0 Å². The molecular weight excluding hydrogens is 299 g/mol. The van der Waals surface area contributed by atoms with E-state index in [-0.39, 0.29) is 20.3 Å². The molecule has 0 aliphatic carbocycles. The van der Waals surface area contributed by atoms with Crippen LogP contribution in [-0.2, 0) is 4.79 Å². The molecule has 18 heavy (non-hydrogen) atoms. The van der Waals surface area contributed by atoms with Crippen molar-refractivity contribution in [1.29, 1.82) is 0 Å². The molecule has 6 heteroatoms. The molecular formula is C12H10N2O3Se. The zero-order valence-electron chi connectivity index (χ0n) is 9.31. The van der Waals surface area contributed by atoms with Gasteiger partial charge in [0.05, 0.1) is 0 Å². The third-order valence-corrected chi connectivity index (χ3v) is 4.47. The number of carbonyl (C=O) groups is 2. The molecule has 0 saturated heterocycles. The number of hydrogen-bond acceptors (Lipinski definition) is 3. The van der Waals surface area contributed by atoms with Crippen LogP contribution in [0.5, 0.6) is 0 Å². The molecule has 2 aromatic rings. The van der Waals surface area contributed by atoms with Crippen LogP contribution >= 0.6 is 0 Å². The number of carboxylic acids is 1. The van der Waals surface area contributed by atoms with Gasteiger partial charge in [0, 0.05) is 0 Å². The van der Waals surface area contributed by atoms with Gasteiger partial charge in [0.25, 0.3) is 0 Å². The van der Waals surface area contributed by atoms with Crippen LogP contribution in [0.25, 0.3) is 5.69 Å². The van der Waals surface area contributed by atoms with Crippen LogP contribution in [0.1, 0.15) is 10.5 Å². The van der Waals surface area contributed by atoms with Crippen molar-refractivity contribution in [1.82, 2.24) is 9.55 Å². The maximum atomic E-state index is 10.9. The molecule has 1 N–H and O–H groups in total. The molecule has 0 atom stereocenters. The van der Waals surface area contributed by atoms with Crippen molar-refractivity contribution in [2.75, 3.05) is 0 Å². The van der Waals surface area contributed by atoms with Crippen molar-refractivity contribution >= 4 is 31.8 Å². The van der Waals surface area contributed by atoms with Crippen molar-refractivity contribution in [3.05, 3.63) is 42.4 Å². The summed E-state index contributed by atoms with van der Waals surface area (Å²) in [5.41, 5.74) is 1.19. The van der Waals surface area contributed by atoms with Crippen LogP contribution in [0.2, 0.25) is 5.32 Å².